The molecule has 0 bridgehead atoms. The summed E-state index contributed by atoms with van der Waals surface area (Å²) >= 11 is 0. The first-order chi connectivity index (χ1) is 19.0. The smallest absolute Gasteiger partial charge is 0.257 e. The van der Waals surface area contributed by atoms with Gasteiger partial charge in [-0.1, -0.05) is 0 Å². The van der Waals surface area contributed by atoms with Crippen molar-refractivity contribution >= 4 is 40.9 Å². The first-order valence-corrected chi connectivity index (χ1v) is 13.6. The summed E-state index contributed by atoms with van der Waals surface area (Å²) in [6.45, 7) is 19.7. The Morgan fingerprint density at radius 3 is 2.52 bits per heavy atom. The zero-order valence-electron chi connectivity index (χ0n) is 24.3. The number of carbonyl (C=O) groups is 1. The summed E-state index contributed by atoms with van der Waals surface area (Å²) in [7, 11) is 0. The maximum absolute atomic E-state index is 13.1. The second kappa shape index (κ2) is 12.3. The van der Waals surface area contributed by atoms with E-state index in [9.17, 15) is 4.79 Å². The molecule has 210 valence electrons. The fourth-order valence-electron chi connectivity index (χ4n) is 4.47. The Kier molecular flexibility index (Phi) is 8.89. The first kappa shape index (κ1) is 28.8. The first-order valence-electron chi connectivity index (χ1n) is 13.6. The molecule has 0 aromatic carbocycles. The van der Waals surface area contributed by atoms with E-state index in [-0.39, 0.29) is 11.4 Å². The number of hydrogen-bond donors (Lipinski definition) is 2. The number of aliphatic imine (C=N–C) groups is 2. The highest BCUT2D eigenvalue weighted by atomic mass is 16.1. The number of nitrogens with zero attached hydrogens (tertiary/aromatic N) is 7. The molecule has 0 unspecified atom stereocenters. The molecule has 4 rings (SSSR count). The van der Waals surface area contributed by atoms with Gasteiger partial charge in [-0.05, 0) is 72.5 Å². The number of amides is 1. The molecule has 1 saturated heterocycles. The SMILES string of the molecule is C=N/C=C(\N=C(C)c1ccc2cnc(NC(=O)c3ccnc(N4CCN(C(C)C)CC4)c3)cc2n1)NC(C)(C)C. The van der Waals surface area contributed by atoms with Crippen LogP contribution in [0.4, 0.5) is 11.6 Å². The van der Waals surface area contributed by atoms with Gasteiger partial charge in [-0.2, -0.15) is 0 Å². The number of carbonyl (C=O) groups excluding carboxylic acids is 1. The molecule has 2 N–H and O–H groups in total. The number of rotatable bonds is 8. The third kappa shape index (κ3) is 7.47. The van der Waals surface area contributed by atoms with E-state index in [1.807, 2.05) is 45.9 Å². The van der Waals surface area contributed by atoms with Crippen molar-refractivity contribution in [2.45, 2.75) is 53.1 Å². The molecule has 1 aliphatic rings. The number of aromatic nitrogens is 3. The van der Waals surface area contributed by atoms with Gasteiger partial charge in [-0.3, -0.25) is 14.7 Å². The highest BCUT2D eigenvalue weighted by molar-refractivity contribution is 6.05. The summed E-state index contributed by atoms with van der Waals surface area (Å²) in [4.78, 5) is 40.0. The second-order valence-corrected chi connectivity index (χ2v) is 11.2. The lowest BCUT2D eigenvalue weighted by molar-refractivity contribution is 0.102. The topological polar surface area (TPSA) is 111 Å². The molecule has 10 nitrogen and oxygen atoms in total. The van der Waals surface area contributed by atoms with Crippen LogP contribution >= 0.6 is 0 Å². The molecule has 4 heterocycles. The van der Waals surface area contributed by atoms with Gasteiger partial charge in [0.25, 0.3) is 5.91 Å². The largest absolute Gasteiger partial charge is 0.364 e. The molecule has 0 radical (unpaired) electrons. The summed E-state index contributed by atoms with van der Waals surface area (Å²) in [5.41, 5.74) is 2.47. The fraction of sp³-hybridized carbons (Fsp3) is 0.400. The molecular weight excluding hydrogens is 502 g/mol. The number of anilines is 2. The van der Waals surface area contributed by atoms with Crippen LogP contribution < -0.4 is 15.5 Å². The van der Waals surface area contributed by atoms with Crippen LogP contribution in [0.1, 0.15) is 57.6 Å². The summed E-state index contributed by atoms with van der Waals surface area (Å²) < 4.78 is 0. The van der Waals surface area contributed by atoms with Crippen molar-refractivity contribution in [2.24, 2.45) is 9.98 Å². The lowest BCUT2D eigenvalue weighted by Gasteiger charge is -2.37. The molecule has 1 fully saturated rings. The van der Waals surface area contributed by atoms with Gasteiger partial charge in [-0.25, -0.2) is 19.9 Å². The van der Waals surface area contributed by atoms with E-state index in [0.29, 0.717) is 34.5 Å². The number of nitrogens with one attached hydrogen (secondary N) is 2. The Bertz CT molecular complexity index is 1430. The van der Waals surface area contributed by atoms with Gasteiger partial charge in [0.1, 0.15) is 17.5 Å². The van der Waals surface area contributed by atoms with Gasteiger partial charge < -0.3 is 15.5 Å². The van der Waals surface area contributed by atoms with Gasteiger partial charge in [0.15, 0.2) is 0 Å². The molecular formula is C30H39N9O. The number of fused-ring (bicyclic) bond motifs is 1. The molecule has 0 spiro atoms. The van der Waals surface area contributed by atoms with Crippen molar-refractivity contribution < 1.29 is 4.79 Å². The third-order valence-corrected chi connectivity index (χ3v) is 6.57. The highest BCUT2D eigenvalue weighted by Gasteiger charge is 2.20. The van der Waals surface area contributed by atoms with Crippen LogP contribution in [-0.2, 0) is 0 Å². The molecule has 40 heavy (non-hydrogen) atoms. The van der Waals surface area contributed by atoms with Crippen molar-refractivity contribution in [1.29, 1.82) is 0 Å². The average Bonchev–Trinajstić information content (AvgIpc) is 2.92. The Labute approximate surface area is 236 Å². The fourth-order valence-corrected chi connectivity index (χ4v) is 4.47. The van der Waals surface area contributed by atoms with Crippen LogP contribution in [0.15, 0.2) is 64.7 Å². The van der Waals surface area contributed by atoms with Gasteiger partial charge in [0.2, 0.25) is 0 Å². The number of hydrogen-bond acceptors (Lipinski definition) is 9. The van der Waals surface area contributed by atoms with Crippen molar-refractivity contribution in [3.63, 3.8) is 0 Å². The maximum Gasteiger partial charge on any atom is 0.257 e. The van der Waals surface area contributed by atoms with E-state index >= 15 is 0 Å². The lowest BCUT2D eigenvalue weighted by Crippen LogP contribution is -2.49. The van der Waals surface area contributed by atoms with Crippen LogP contribution in [0, 0.1) is 0 Å². The van der Waals surface area contributed by atoms with E-state index in [1.54, 1.807) is 30.7 Å². The second-order valence-electron chi connectivity index (χ2n) is 11.2. The normalized spacial score (nSPS) is 15.4. The Hall–Kier alpha value is -4.18. The predicted molar refractivity (Wildman–Crippen MR) is 163 cm³/mol. The summed E-state index contributed by atoms with van der Waals surface area (Å²) in [5.74, 6) is 1.59. The highest BCUT2D eigenvalue weighted by Crippen LogP contribution is 2.19. The summed E-state index contributed by atoms with van der Waals surface area (Å²) in [5, 5.41) is 7.09. The van der Waals surface area contributed by atoms with Gasteiger partial charge in [0.05, 0.1) is 23.1 Å². The molecule has 0 aliphatic carbocycles. The Morgan fingerprint density at radius 1 is 1.10 bits per heavy atom. The van der Waals surface area contributed by atoms with E-state index in [2.05, 4.69) is 61.0 Å². The number of pyridine rings is 3. The van der Waals surface area contributed by atoms with Crippen molar-refractivity contribution in [3.05, 3.63) is 66.0 Å². The quantitative estimate of drug-likeness (QED) is 0.404. The Balaban J connectivity index is 1.50. The van der Waals surface area contributed by atoms with Gasteiger partial charge in [0, 0.05) is 67.2 Å². The number of piperazine rings is 1. The molecule has 3 aromatic rings. The van der Waals surface area contributed by atoms with E-state index < -0.39 is 0 Å². The minimum absolute atomic E-state index is 0.186. The monoisotopic (exact) mass is 541 g/mol. The van der Waals surface area contributed by atoms with Gasteiger partial charge in [-0.15, -0.1) is 0 Å². The molecule has 10 heteroatoms. The molecule has 1 amide bonds. The standard InChI is InChI=1S/C30H39N9O/c1-20(2)38-12-14-39(15-13-38)28-16-22(10-11-32-28)29(40)36-26-17-25-23(18-33-26)8-9-24(35-25)21(3)34-27(19-31-7)37-30(4,5)6/h8-11,16-20,37H,7,12-15H2,1-6H3,(H,33,36,40)/b27-19+,34-21?. The predicted octanol–water partition coefficient (Wildman–Crippen LogP) is 4.50. The summed E-state index contributed by atoms with van der Waals surface area (Å²) in [6, 6.07) is 9.69. The van der Waals surface area contributed by atoms with Crippen molar-refractivity contribution in [3.8, 4) is 0 Å². The molecule has 1 aliphatic heterocycles. The van der Waals surface area contributed by atoms with E-state index in [1.165, 1.54) is 0 Å². The Morgan fingerprint density at radius 2 is 1.85 bits per heavy atom. The summed E-state index contributed by atoms with van der Waals surface area (Å²) in [6.07, 6.45) is 4.97. The maximum atomic E-state index is 13.1. The third-order valence-electron chi connectivity index (χ3n) is 6.57. The van der Waals surface area contributed by atoms with Crippen molar-refractivity contribution in [1.82, 2.24) is 25.2 Å². The minimum Gasteiger partial charge on any atom is -0.364 e. The van der Waals surface area contributed by atoms with Crippen LogP contribution in [0.25, 0.3) is 10.9 Å². The van der Waals surface area contributed by atoms with Crippen LogP contribution in [0.2, 0.25) is 0 Å². The zero-order valence-corrected chi connectivity index (χ0v) is 24.3. The van der Waals surface area contributed by atoms with Crippen LogP contribution in [-0.4, -0.2) is 75.9 Å². The van der Waals surface area contributed by atoms with Crippen molar-refractivity contribution in [2.75, 3.05) is 36.4 Å². The molecule has 0 saturated carbocycles. The van der Waals surface area contributed by atoms with Gasteiger partial charge >= 0.3 is 0 Å². The van der Waals surface area contributed by atoms with E-state index in [0.717, 1.165) is 43.1 Å². The average molecular weight is 542 g/mol. The zero-order chi connectivity index (χ0) is 28.9. The van der Waals surface area contributed by atoms with E-state index in [4.69, 9.17) is 4.98 Å². The molecule has 3 aromatic heterocycles. The van der Waals surface area contributed by atoms with Crippen LogP contribution in [0.3, 0.4) is 0 Å². The minimum atomic E-state index is -0.245. The lowest BCUT2D eigenvalue weighted by atomic mass is 10.1. The van der Waals surface area contributed by atoms with Crippen LogP contribution in [0.5, 0.6) is 0 Å². The molecule has 0 atom stereocenters.